The van der Waals surface area contributed by atoms with Gasteiger partial charge in [-0.25, -0.2) is 0 Å². The first-order valence-corrected chi connectivity index (χ1v) is 5.55. The summed E-state index contributed by atoms with van der Waals surface area (Å²) < 4.78 is 0. The second kappa shape index (κ2) is 2.94. The molecule has 3 N–H and O–H groups in total. The summed E-state index contributed by atoms with van der Waals surface area (Å²) in [6, 6.07) is 1.33. The van der Waals surface area contributed by atoms with Crippen LogP contribution in [0.2, 0.25) is 0 Å². The van der Waals surface area contributed by atoms with Crippen LogP contribution in [0.4, 0.5) is 0 Å². The highest BCUT2D eigenvalue weighted by molar-refractivity contribution is 4.99. The highest BCUT2D eigenvalue weighted by atomic mass is 15.3. The molecule has 1 saturated carbocycles. The topological polar surface area (TPSA) is 41.3 Å². The third-order valence-corrected chi connectivity index (χ3v) is 4.22. The van der Waals surface area contributed by atoms with Crippen molar-refractivity contribution in [3.05, 3.63) is 0 Å². The van der Waals surface area contributed by atoms with E-state index in [2.05, 4.69) is 10.2 Å². The molecule has 3 aliphatic rings. The summed E-state index contributed by atoms with van der Waals surface area (Å²) >= 11 is 0. The zero-order valence-electron chi connectivity index (χ0n) is 8.08. The van der Waals surface area contributed by atoms with Gasteiger partial charge in [0.25, 0.3) is 0 Å². The lowest BCUT2D eigenvalue weighted by Gasteiger charge is -2.36. The Balaban J connectivity index is 1.65. The smallest absolute Gasteiger partial charge is 0.0345 e. The zero-order valence-corrected chi connectivity index (χ0v) is 8.08. The molecule has 74 valence electrons. The fourth-order valence-electron chi connectivity index (χ4n) is 3.17. The first-order chi connectivity index (χ1) is 6.34. The largest absolute Gasteiger partial charge is 0.327 e. The average Bonchev–Trinajstić information content (AvgIpc) is 2.51. The van der Waals surface area contributed by atoms with Crippen LogP contribution < -0.4 is 11.1 Å². The van der Waals surface area contributed by atoms with E-state index >= 15 is 0 Å². The van der Waals surface area contributed by atoms with Gasteiger partial charge in [-0.05, 0) is 24.7 Å². The van der Waals surface area contributed by atoms with Crippen molar-refractivity contribution in [3.63, 3.8) is 0 Å². The van der Waals surface area contributed by atoms with Crippen molar-refractivity contribution < 1.29 is 0 Å². The highest BCUT2D eigenvalue weighted by Gasteiger charge is 2.43. The minimum atomic E-state index is 0.503. The third-order valence-electron chi connectivity index (χ3n) is 4.22. The van der Waals surface area contributed by atoms with E-state index < -0.39 is 0 Å². The Hall–Kier alpha value is -0.120. The Morgan fingerprint density at radius 3 is 2.62 bits per heavy atom. The molecule has 3 rings (SSSR count). The molecule has 1 unspecified atom stereocenters. The maximum Gasteiger partial charge on any atom is 0.0345 e. The Morgan fingerprint density at radius 2 is 2.00 bits per heavy atom. The number of likely N-dealkylation sites (tertiary alicyclic amines) is 1. The summed E-state index contributed by atoms with van der Waals surface area (Å²) in [5.41, 5.74) is 6.10. The van der Waals surface area contributed by atoms with Gasteiger partial charge in [0.15, 0.2) is 0 Å². The average molecular weight is 181 g/mol. The SMILES string of the molecule is NC1CC[C@H]2CN(C3CNC3)C[C@@H]12. The summed E-state index contributed by atoms with van der Waals surface area (Å²) in [6.07, 6.45) is 2.65. The standard InChI is InChI=1S/C10H19N3/c11-10-2-1-7-5-13(6-9(7)10)8-3-12-4-8/h7-10,12H,1-6,11H2/t7-,9+,10?/m0/s1. The molecule has 3 atom stereocenters. The number of nitrogens with two attached hydrogens (primary N) is 1. The van der Waals surface area contributed by atoms with E-state index in [-0.39, 0.29) is 0 Å². The van der Waals surface area contributed by atoms with Crippen molar-refractivity contribution in [2.45, 2.75) is 24.9 Å². The molecule has 2 saturated heterocycles. The maximum atomic E-state index is 6.10. The number of hydrogen-bond acceptors (Lipinski definition) is 3. The predicted molar refractivity (Wildman–Crippen MR) is 52.4 cm³/mol. The molecule has 2 aliphatic heterocycles. The van der Waals surface area contributed by atoms with E-state index in [0.29, 0.717) is 6.04 Å². The van der Waals surface area contributed by atoms with E-state index in [1.165, 1.54) is 39.0 Å². The quantitative estimate of drug-likeness (QED) is 0.580. The lowest BCUT2D eigenvalue weighted by Crippen LogP contribution is -2.56. The van der Waals surface area contributed by atoms with Crippen molar-refractivity contribution in [1.29, 1.82) is 0 Å². The summed E-state index contributed by atoms with van der Waals surface area (Å²) in [5, 5.41) is 3.34. The second-order valence-electron chi connectivity index (χ2n) is 4.93. The summed E-state index contributed by atoms with van der Waals surface area (Å²) in [5.74, 6) is 1.75. The molecule has 3 heteroatoms. The summed E-state index contributed by atoms with van der Waals surface area (Å²) in [6.45, 7) is 5.01. The number of fused-ring (bicyclic) bond motifs is 1. The molecule has 3 nitrogen and oxygen atoms in total. The van der Waals surface area contributed by atoms with Gasteiger partial charge >= 0.3 is 0 Å². The molecule has 13 heavy (non-hydrogen) atoms. The Bertz CT molecular complexity index is 202. The molecule has 0 spiro atoms. The fourth-order valence-corrected chi connectivity index (χ4v) is 3.17. The van der Waals surface area contributed by atoms with E-state index in [4.69, 9.17) is 5.73 Å². The number of nitrogens with one attached hydrogen (secondary N) is 1. The molecule has 1 aliphatic carbocycles. The van der Waals surface area contributed by atoms with Crippen molar-refractivity contribution in [2.24, 2.45) is 17.6 Å². The summed E-state index contributed by atoms with van der Waals surface area (Å²) in [7, 11) is 0. The normalized spacial score (nSPS) is 46.4. The van der Waals surface area contributed by atoms with Crippen LogP contribution in [0.3, 0.4) is 0 Å². The van der Waals surface area contributed by atoms with Crippen LogP contribution in [-0.2, 0) is 0 Å². The van der Waals surface area contributed by atoms with Gasteiger partial charge in [0.2, 0.25) is 0 Å². The minimum Gasteiger partial charge on any atom is -0.327 e. The number of nitrogens with zero attached hydrogens (tertiary/aromatic N) is 1. The van der Waals surface area contributed by atoms with E-state index in [0.717, 1.165) is 17.9 Å². The van der Waals surface area contributed by atoms with Crippen molar-refractivity contribution in [1.82, 2.24) is 10.2 Å². The van der Waals surface area contributed by atoms with Crippen molar-refractivity contribution >= 4 is 0 Å². The van der Waals surface area contributed by atoms with Gasteiger partial charge in [-0.1, -0.05) is 0 Å². The van der Waals surface area contributed by atoms with Crippen LogP contribution in [0.25, 0.3) is 0 Å². The zero-order chi connectivity index (χ0) is 8.84. The van der Waals surface area contributed by atoms with Gasteiger partial charge in [-0.3, -0.25) is 4.90 Å². The van der Waals surface area contributed by atoms with Gasteiger partial charge in [0.05, 0.1) is 0 Å². The Kier molecular flexibility index (Phi) is 1.86. The number of hydrogen-bond donors (Lipinski definition) is 2. The van der Waals surface area contributed by atoms with Crippen LogP contribution in [0, 0.1) is 11.8 Å². The molecule has 0 aromatic rings. The molecule has 3 fully saturated rings. The Morgan fingerprint density at radius 1 is 1.15 bits per heavy atom. The van der Waals surface area contributed by atoms with Crippen LogP contribution >= 0.6 is 0 Å². The van der Waals surface area contributed by atoms with Crippen molar-refractivity contribution in [3.8, 4) is 0 Å². The van der Waals surface area contributed by atoms with Gasteiger partial charge in [0.1, 0.15) is 0 Å². The monoisotopic (exact) mass is 181 g/mol. The van der Waals surface area contributed by atoms with Crippen LogP contribution in [0.15, 0.2) is 0 Å². The molecule has 0 aromatic heterocycles. The molecule has 0 aromatic carbocycles. The lowest BCUT2D eigenvalue weighted by atomic mass is 9.98. The first kappa shape index (κ1) is 8.21. The molecule has 0 amide bonds. The molecular formula is C10H19N3. The fraction of sp³-hybridized carbons (Fsp3) is 1.00. The van der Waals surface area contributed by atoms with Crippen LogP contribution in [-0.4, -0.2) is 43.2 Å². The van der Waals surface area contributed by atoms with E-state index in [1.54, 1.807) is 0 Å². The van der Waals surface area contributed by atoms with E-state index in [9.17, 15) is 0 Å². The molecule has 0 radical (unpaired) electrons. The van der Waals surface area contributed by atoms with Gasteiger partial charge in [-0.2, -0.15) is 0 Å². The highest BCUT2D eigenvalue weighted by Crippen LogP contribution is 2.38. The van der Waals surface area contributed by atoms with Crippen LogP contribution in [0.5, 0.6) is 0 Å². The second-order valence-corrected chi connectivity index (χ2v) is 4.93. The molecule has 2 heterocycles. The number of rotatable bonds is 1. The minimum absolute atomic E-state index is 0.503. The third kappa shape index (κ3) is 1.22. The van der Waals surface area contributed by atoms with Gasteiger partial charge < -0.3 is 11.1 Å². The lowest BCUT2D eigenvalue weighted by molar-refractivity contribution is 0.165. The first-order valence-electron chi connectivity index (χ1n) is 5.55. The van der Waals surface area contributed by atoms with Crippen LogP contribution in [0.1, 0.15) is 12.8 Å². The van der Waals surface area contributed by atoms with E-state index in [1.807, 2.05) is 0 Å². The maximum absolute atomic E-state index is 6.10. The van der Waals surface area contributed by atoms with Gasteiger partial charge in [0, 0.05) is 38.3 Å². The Labute approximate surface area is 79.7 Å². The summed E-state index contributed by atoms with van der Waals surface area (Å²) in [4.78, 5) is 2.66. The molecule has 0 bridgehead atoms. The van der Waals surface area contributed by atoms with Crippen molar-refractivity contribution in [2.75, 3.05) is 26.2 Å². The predicted octanol–water partition coefficient (Wildman–Crippen LogP) is -0.373. The van der Waals surface area contributed by atoms with Gasteiger partial charge in [-0.15, -0.1) is 0 Å². The molecular weight excluding hydrogens is 162 g/mol.